The van der Waals surface area contributed by atoms with Crippen LogP contribution in [0.5, 0.6) is 0 Å². The highest BCUT2D eigenvalue weighted by molar-refractivity contribution is 7.91. The van der Waals surface area contributed by atoms with Crippen molar-refractivity contribution in [2.45, 2.75) is 63.6 Å². The molecule has 0 spiro atoms. The van der Waals surface area contributed by atoms with Gasteiger partial charge in [0, 0.05) is 31.1 Å². The van der Waals surface area contributed by atoms with Gasteiger partial charge < -0.3 is 15.7 Å². The summed E-state index contributed by atoms with van der Waals surface area (Å²) in [5.74, 6) is -1.91. The fraction of sp³-hybridized carbons (Fsp3) is 0.650. The molecule has 6 nitrogen and oxygen atoms in total. The number of hydrogen-bond acceptors (Lipinski definition) is 5. The number of aliphatic hydroxyl groups excluding tert-OH is 1. The van der Waals surface area contributed by atoms with Gasteiger partial charge in [-0.3, -0.25) is 4.79 Å². The van der Waals surface area contributed by atoms with Gasteiger partial charge in [0.2, 0.25) is 5.91 Å². The summed E-state index contributed by atoms with van der Waals surface area (Å²) in [6, 6.07) is 2.22. The summed E-state index contributed by atoms with van der Waals surface area (Å²) in [4.78, 5) is 14.1. The van der Waals surface area contributed by atoms with E-state index in [2.05, 4.69) is 0 Å². The van der Waals surface area contributed by atoms with Gasteiger partial charge in [0.05, 0.1) is 17.6 Å². The normalized spacial score (nSPS) is 16.4. The van der Waals surface area contributed by atoms with Crippen molar-refractivity contribution in [1.82, 2.24) is 4.90 Å². The van der Waals surface area contributed by atoms with E-state index < -0.39 is 33.6 Å². The number of benzene rings is 1. The van der Waals surface area contributed by atoms with E-state index in [9.17, 15) is 27.1 Å². The Labute approximate surface area is 171 Å². The predicted molar refractivity (Wildman–Crippen MR) is 107 cm³/mol. The van der Waals surface area contributed by atoms with Gasteiger partial charge in [-0.25, -0.2) is 17.2 Å². The number of unbranched alkanes of at least 4 members (excludes halogenated alkanes) is 1. The molecule has 0 aromatic heterocycles. The molecule has 1 aromatic carbocycles. The topological polar surface area (TPSA) is 101 Å². The number of amides is 1. The molecule has 0 heterocycles. The lowest BCUT2D eigenvalue weighted by atomic mass is 10.0. The summed E-state index contributed by atoms with van der Waals surface area (Å²) in [5.41, 5.74) is 6.31. The van der Waals surface area contributed by atoms with Crippen LogP contribution in [0.2, 0.25) is 0 Å². The van der Waals surface area contributed by atoms with Crippen LogP contribution < -0.4 is 5.73 Å². The lowest BCUT2D eigenvalue weighted by molar-refractivity contribution is -0.133. The van der Waals surface area contributed by atoms with Crippen molar-refractivity contribution in [3.63, 3.8) is 0 Å². The van der Waals surface area contributed by atoms with Crippen molar-refractivity contribution in [3.05, 3.63) is 35.4 Å². The molecule has 2 rings (SSSR count). The number of nitrogens with two attached hydrogens (primary N) is 1. The van der Waals surface area contributed by atoms with Crippen LogP contribution in [0.25, 0.3) is 0 Å². The van der Waals surface area contributed by atoms with Crippen molar-refractivity contribution in [2.75, 3.05) is 18.1 Å². The van der Waals surface area contributed by atoms with E-state index >= 15 is 0 Å². The second kappa shape index (κ2) is 10.4. The monoisotopic (exact) mass is 432 g/mol. The molecule has 0 saturated heterocycles. The number of nitrogens with zero attached hydrogens (tertiary/aromatic N) is 1. The Morgan fingerprint density at radius 1 is 1.24 bits per heavy atom. The summed E-state index contributed by atoms with van der Waals surface area (Å²) >= 11 is 0. The lowest BCUT2D eigenvalue weighted by Gasteiger charge is -2.28. The molecule has 29 heavy (non-hydrogen) atoms. The average molecular weight is 433 g/mol. The first kappa shape index (κ1) is 23.7. The zero-order valence-electron chi connectivity index (χ0n) is 16.7. The van der Waals surface area contributed by atoms with E-state index in [1.807, 2.05) is 6.92 Å². The highest BCUT2D eigenvalue weighted by Gasteiger charge is 2.35. The molecule has 0 radical (unpaired) electrons. The zero-order valence-corrected chi connectivity index (χ0v) is 17.5. The van der Waals surface area contributed by atoms with Crippen molar-refractivity contribution >= 4 is 15.7 Å². The minimum atomic E-state index is -3.28. The molecule has 0 aliphatic heterocycles. The second-order valence-corrected chi connectivity index (χ2v) is 10.0. The highest BCUT2D eigenvalue weighted by Crippen LogP contribution is 2.28. The Hall–Kier alpha value is -1.58. The first-order valence-corrected chi connectivity index (χ1v) is 11.8. The third-order valence-corrected chi connectivity index (χ3v) is 6.75. The highest BCUT2D eigenvalue weighted by atomic mass is 32.2. The largest absolute Gasteiger partial charge is 0.390 e. The number of rotatable bonds is 12. The van der Waals surface area contributed by atoms with Gasteiger partial charge in [0.15, 0.2) is 9.84 Å². The Kier molecular flexibility index (Phi) is 8.54. The summed E-state index contributed by atoms with van der Waals surface area (Å²) in [6.45, 7) is 1.87. The SMILES string of the molecule is CCCCS(=O)(=O)CCC(=O)N(C[C@@H](O)[C@@H](N)Cc1cc(F)cc(F)c1)C1CC1. The molecule has 0 unspecified atom stereocenters. The quantitative estimate of drug-likeness (QED) is 0.525. The third-order valence-electron chi connectivity index (χ3n) is 5.02. The number of halogens is 2. The molecular weight excluding hydrogens is 402 g/mol. The summed E-state index contributed by atoms with van der Waals surface area (Å²) in [6.07, 6.45) is 1.75. The molecule has 3 N–H and O–H groups in total. The maximum atomic E-state index is 13.3. The second-order valence-electron chi connectivity index (χ2n) is 7.75. The van der Waals surface area contributed by atoms with Gasteiger partial charge in [-0.05, 0) is 43.4 Å². The molecule has 2 atom stereocenters. The molecule has 0 bridgehead atoms. The van der Waals surface area contributed by atoms with E-state index in [4.69, 9.17) is 5.73 Å². The van der Waals surface area contributed by atoms with Crippen LogP contribution in [0, 0.1) is 11.6 Å². The number of carbonyl (C=O) groups excluding carboxylic acids is 1. The van der Waals surface area contributed by atoms with Crippen LogP contribution >= 0.6 is 0 Å². The molecule has 1 fully saturated rings. The smallest absolute Gasteiger partial charge is 0.223 e. The molecule has 1 aromatic rings. The molecule has 1 saturated carbocycles. The van der Waals surface area contributed by atoms with E-state index in [1.54, 1.807) is 0 Å². The standard InChI is InChI=1S/C20H30F2N2O4S/c1-2-3-7-29(27,28)8-6-20(26)24(17-4-5-17)13-19(25)18(23)11-14-9-15(21)12-16(22)10-14/h9-10,12,17-19,25H,2-8,11,13,23H2,1H3/t18-,19+/m0/s1. The molecule has 164 valence electrons. The molecule has 9 heteroatoms. The van der Waals surface area contributed by atoms with E-state index in [0.29, 0.717) is 12.0 Å². The average Bonchev–Trinajstić information content (AvgIpc) is 3.46. The number of aliphatic hydroxyl groups is 1. The molecule has 1 aliphatic carbocycles. The van der Waals surface area contributed by atoms with Gasteiger partial charge >= 0.3 is 0 Å². The lowest BCUT2D eigenvalue weighted by Crippen LogP contribution is -2.47. The van der Waals surface area contributed by atoms with Gasteiger partial charge in [-0.2, -0.15) is 0 Å². The van der Waals surface area contributed by atoms with Crippen LogP contribution in [0.1, 0.15) is 44.6 Å². The minimum absolute atomic E-state index is 0.0192. The summed E-state index contributed by atoms with van der Waals surface area (Å²) in [7, 11) is -3.28. The van der Waals surface area contributed by atoms with Crippen LogP contribution in [-0.2, 0) is 21.1 Å². The molecule has 1 amide bonds. The van der Waals surface area contributed by atoms with Crippen molar-refractivity contribution < 1.29 is 27.1 Å². The van der Waals surface area contributed by atoms with Crippen LogP contribution in [0.4, 0.5) is 8.78 Å². The van der Waals surface area contributed by atoms with E-state index in [1.165, 1.54) is 4.90 Å². The molecule has 1 aliphatic rings. The van der Waals surface area contributed by atoms with Gasteiger partial charge in [0.1, 0.15) is 11.6 Å². The summed E-state index contributed by atoms with van der Waals surface area (Å²) in [5, 5.41) is 10.4. The Morgan fingerprint density at radius 3 is 2.41 bits per heavy atom. The predicted octanol–water partition coefficient (Wildman–Crippen LogP) is 1.79. The van der Waals surface area contributed by atoms with Gasteiger partial charge in [-0.1, -0.05) is 13.3 Å². The van der Waals surface area contributed by atoms with Gasteiger partial charge in [0.25, 0.3) is 0 Å². The maximum Gasteiger partial charge on any atom is 0.223 e. The summed E-state index contributed by atoms with van der Waals surface area (Å²) < 4.78 is 50.6. The first-order valence-electron chi connectivity index (χ1n) is 9.99. The Morgan fingerprint density at radius 2 is 1.86 bits per heavy atom. The fourth-order valence-electron chi connectivity index (χ4n) is 3.17. The first-order chi connectivity index (χ1) is 13.6. The van der Waals surface area contributed by atoms with Crippen molar-refractivity contribution in [2.24, 2.45) is 5.73 Å². The van der Waals surface area contributed by atoms with E-state index in [0.717, 1.165) is 37.5 Å². The van der Waals surface area contributed by atoms with Crippen molar-refractivity contribution in [3.8, 4) is 0 Å². The number of hydrogen-bond donors (Lipinski definition) is 2. The number of carbonyl (C=O) groups is 1. The van der Waals surface area contributed by atoms with Gasteiger partial charge in [-0.15, -0.1) is 0 Å². The van der Waals surface area contributed by atoms with Crippen LogP contribution in [0.15, 0.2) is 18.2 Å². The molecular formula is C20H30F2N2O4S. The van der Waals surface area contributed by atoms with Crippen LogP contribution in [0.3, 0.4) is 0 Å². The Balaban J connectivity index is 1.92. The van der Waals surface area contributed by atoms with E-state index in [-0.39, 0.29) is 42.8 Å². The maximum absolute atomic E-state index is 13.3. The van der Waals surface area contributed by atoms with Crippen molar-refractivity contribution in [1.29, 1.82) is 0 Å². The zero-order chi connectivity index (χ0) is 21.6. The third kappa shape index (κ3) is 7.98. The van der Waals surface area contributed by atoms with Crippen LogP contribution in [-0.4, -0.2) is 60.6 Å². The Bertz CT molecular complexity index is 779. The number of sulfone groups is 1. The fourth-order valence-corrected chi connectivity index (χ4v) is 4.59. The minimum Gasteiger partial charge on any atom is -0.390 e.